The number of piperidine rings is 1. The zero-order valence-electron chi connectivity index (χ0n) is 14.7. The molecule has 4 heteroatoms. The summed E-state index contributed by atoms with van der Waals surface area (Å²) in [5.41, 5.74) is 2.14. The molecule has 1 aliphatic rings. The highest BCUT2D eigenvalue weighted by Crippen LogP contribution is 2.25. The molecule has 0 radical (unpaired) electrons. The molecular weight excluding hydrogens is 308 g/mol. The molecule has 1 N–H and O–H groups in total. The van der Waals surface area contributed by atoms with Crippen molar-refractivity contribution in [2.45, 2.75) is 12.8 Å². The Morgan fingerprint density at radius 3 is 2.64 bits per heavy atom. The van der Waals surface area contributed by atoms with Gasteiger partial charge in [0.05, 0.1) is 5.69 Å². The Balaban J connectivity index is 1.56. The van der Waals surface area contributed by atoms with Crippen molar-refractivity contribution in [1.82, 2.24) is 15.3 Å². The van der Waals surface area contributed by atoms with Crippen LogP contribution < -0.4 is 10.2 Å². The lowest BCUT2D eigenvalue weighted by Crippen LogP contribution is -2.37. The zero-order valence-corrected chi connectivity index (χ0v) is 14.7. The van der Waals surface area contributed by atoms with Crippen molar-refractivity contribution in [3.8, 4) is 11.3 Å². The van der Waals surface area contributed by atoms with E-state index < -0.39 is 0 Å². The van der Waals surface area contributed by atoms with Crippen LogP contribution in [0.5, 0.6) is 0 Å². The minimum Gasteiger partial charge on any atom is -0.341 e. The van der Waals surface area contributed by atoms with Crippen LogP contribution in [0.3, 0.4) is 0 Å². The maximum atomic E-state index is 4.84. The first kappa shape index (κ1) is 16.0. The summed E-state index contributed by atoms with van der Waals surface area (Å²) in [6.45, 7) is 3.17. The number of hydrogen-bond donors (Lipinski definition) is 1. The average Bonchev–Trinajstić information content (AvgIpc) is 2.68. The van der Waals surface area contributed by atoms with Crippen molar-refractivity contribution in [3.05, 3.63) is 54.7 Å². The van der Waals surface area contributed by atoms with Gasteiger partial charge in [0.2, 0.25) is 5.95 Å². The largest absolute Gasteiger partial charge is 0.341 e. The van der Waals surface area contributed by atoms with Gasteiger partial charge < -0.3 is 10.2 Å². The number of nitrogens with zero attached hydrogens (tertiary/aromatic N) is 3. The summed E-state index contributed by atoms with van der Waals surface area (Å²) in [7, 11) is 2.03. The lowest BCUT2D eigenvalue weighted by Gasteiger charge is -2.32. The number of rotatable bonds is 4. The van der Waals surface area contributed by atoms with Crippen LogP contribution in [0.15, 0.2) is 54.7 Å². The van der Waals surface area contributed by atoms with Crippen LogP contribution in [0.1, 0.15) is 12.8 Å². The van der Waals surface area contributed by atoms with E-state index in [9.17, 15) is 0 Å². The normalized spacial score (nSPS) is 15.6. The van der Waals surface area contributed by atoms with Gasteiger partial charge in [-0.2, -0.15) is 0 Å². The molecule has 1 fully saturated rings. The monoisotopic (exact) mass is 332 g/mol. The molecule has 128 valence electrons. The van der Waals surface area contributed by atoms with Crippen LogP contribution in [0.4, 0.5) is 5.95 Å². The molecule has 2 heterocycles. The predicted molar refractivity (Wildman–Crippen MR) is 104 cm³/mol. The highest BCUT2D eigenvalue weighted by atomic mass is 15.2. The van der Waals surface area contributed by atoms with Gasteiger partial charge in [-0.05, 0) is 55.3 Å². The molecule has 0 amide bonds. The van der Waals surface area contributed by atoms with Crippen LogP contribution >= 0.6 is 0 Å². The predicted octanol–water partition coefficient (Wildman–Crippen LogP) is 3.73. The molecule has 3 aromatic rings. The topological polar surface area (TPSA) is 41.0 Å². The quantitative estimate of drug-likeness (QED) is 0.790. The van der Waals surface area contributed by atoms with Gasteiger partial charge >= 0.3 is 0 Å². The fourth-order valence-electron chi connectivity index (χ4n) is 3.64. The standard InChI is InChI=1S/C21H24N4/c1-22-15-16-9-12-25(13-10-16)21-23-11-8-20(24-21)19-7-6-17-4-2-3-5-18(17)14-19/h2-8,11,14,16,22H,9-10,12-13,15H2,1H3. The summed E-state index contributed by atoms with van der Waals surface area (Å²) in [5.74, 6) is 1.62. The first-order valence-corrected chi connectivity index (χ1v) is 9.05. The van der Waals surface area contributed by atoms with Crippen LogP contribution in [0.25, 0.3) is 22.0 Å². The fourth-order valence-corrected chi connectivity index (χ4v) is 3.64. The van der Waals surface area contributed by atoms with Crippen LogP contribution in [0.2, 0.25) is 0 Å². The highest BCUT2D eigenvalue weighted by molar-refractivity contribution is 5.86. The van der Waals surface area contributed by atoms with Crippen LogP contribution in [-0.4, -0.2) is 36.6 Å². The Labute approximate surface area is 148 Å². The number of anilines is 1. The molecule has 0 unspecified atom stereocenters. The van der Waals surface area contributed by atoms with Crippen molar-refractivity contribution in [2.75, 3.05) is 31.6 Å². The summed E-state index contributed by atoms with van der Waals surface area (Å²) in [4.78, 5) is 11.7. The average molecular weight is 332 g/mol. The minimum absolute atomic E-state index is 0.768. The van der Waals surface area contributed by atoms with E-state index in [0.29, 0.717) is 0 Å². The molecule has 0 atom stereocenters. The summed E-state index contributed by atoms with van der Waals surface area (Å²) >= 11 is 0. The lowest BCUT2D eigenvalue weighted by molar-refractivity contribution is 0.391. The molecule has 2 aromatic carbocycles. The van der Waals surface area contributed by atoms with E-state index in [1.807, 2.05) is 19.3 Å². The fraction of sp³-hybridized carbons (Fsp3) is 0.333. The van der Waals surface area contributed by atoms with E-state index >= 15 is 0 Å². The van der Waals surface area contributed by atoms with Crippen LogP contribution in [-0.2, 0) is 0 Å². The molecule has 4 nitrogen and oxygen atoms in total. The third-order valence-corrected chi connectivity index (χ3v) is 5.08. The second-order valence-electron chi connectivity index (χ2n) is 6.79. The van der Waals surface area contributed by atoms with Crippen molar-refractivity contribution in [3.63, 3.8) is 0 Å². The van der Waals surface area contributed by atoms with Crippen molar-refractivity contribution >= 4 is 16.7 Å². The van der Waals surface area contributed by atoms with E-state index in [1.165, 1.54) is 23.6 Å². The van der Waals surface area contributed by atoms with Gasteiger partial charge in [0.1, 0.15) is 0 Å². The van der Waals surface area contributed by atoms with E-state index in [-0.39, 0.29) is 0 Å². The van der Waals surface area contributed by atoms with Gasteiger partial charge in [0.25, 0.3) is 0 Å². The smallest absolute Gasteiger partial charge is 0.225 e. The molecule has 0 bridgehead atoms. The maximum Gasteiger partial charge on any atom is 0.225 e. The number of aromatic nitrogens is 2. The molecule has 4 rings (SSSR count). The number of nitrogens with one attached hydrogen (secondary N) is 1. The number of hydrogen-bond acceptors (Lipinski definition) is 4. The van der Waals surface area contributed by atoms with Gasteiger partial charge in [0, 0.05) is 24.8 Å². The lowest BCUT2D eigenvalue weighted by atomic mass is 9.97. The third kappa shape index (κ3) is 3.49. The van der Waals surface area contributed by atoms with Gasteiger partial charge in [-0.25, -0.2) is 9.97 Å². The Bertz CT molecular complexity index is 853. The highest BCUT2D eigenvalue weighted by Gasteiger charge is 2.20. The van der Waals surface area contributed by atoms with Crippen molar-refractivity contribution < 1.29 is 0 Å². The van der Waals surface area contributed by atoms with Crippen molar-refractivity contribution in [2.24, 2.45) is 5.92 Å². The molecule has 1 aliphatic heterocycles. The first-order chi connectivity index (χ1) is 12.3. The van der Waals surface area contributed by atoms with E-state index in [2.05, 4.69) is 57.7 Å². The second-order valence-corrected chi connectivity index (χ2v) is 6.79. The second kappa shape index (κ2) is 7.19. The Kier molecular flexibility index (Phi) is 4.61. The molecule has 1 saturated heterocycles. The Morgan fingerprint density at radius 1 is 1.04 bits per heavy atom. The van der Waals surface area contributed by atoms with Crippen molar-refractivity contribution in [1.29, 1.82) is 0 Å². The Morgan fingerprint density at radius 2 is 1.84 bits per heavy atom. The SMILES string of the molecule is CNCC1CCN(c2nccc(-c3ccc4ccccc4c3)n2)CC1. The van der Waals surface area contributed by atoms with Gasteiger partial charge in [0.15, 0.2) is 0 Å². The molecule has 0 aliphatic carbocycles. The van der Waals surface area contributed by atoms with E-state index in [0.717, 1.165) is 42.8 Å². The molecule has 25 heavy (non-hydrogen) atoms. The van der Waals surface area contributed by atoms with Gasteiger partial charge in [-0.1, -0.05) is 36.4 Å². The van der Waals surface area contributed by atoms with E-state index in [4.69, 9.17) is 4.98 Å². The number of fused-ring (bicyclic) bond motifs is 1. The molecule has 1 aromatic heterocycles. The number of benzene rings is 2. The zero-order chi connectivity index (χ0) is 17.1. The summed E-state index contributed by atoms with van der Waals surface area (Å²) in [5, 5.41) is 5.79. The summed E-state index contributed by atoms with van der Waals surface area (Å²) < 4.78 is 0. The minimum atomic E-state index is 0.768. The van der Waals surface area contributed by atoms with Crippen LogP contribution in [0, 0.1) is 5.92 Å². The first-order valence-electron chi connectivity index (χ1n) is 9.05. The molecule has 0 spiro atoms. The molecule has 0 saturated carbocycles. The summed E-state index contributed by atoms with van der Waals surface area (Å²) in [6.07, 6.45) is 4.28. The van der Waals surface area contributed by atoms with Gasteiger partial charge in [-0.3, -0.25) is 0 Å². The summed E-state index contributed by atoms with van der Waals surface area (Å²) in [6, 6.07) is 17.0. The Hall–Kier alpha value is -2.46. The van der Waals surface area contributed by atoms with Gasteiger partial charge in [-0.15, -0.1) is 0 Å². The molecular formula is C21H24N4. The third-order valence-electron chi connectivity index (χ3n) is 5.08. The maximum absolute atomic E-state index is 4.84. The van der Waals surface area contributed by atoms with E-state index in [1.54, 1.807) is 0 Å².